The normalized spacial score (nSPS) is 30.0. The van der Waals surface area contributed by atoms with Crippen LogP contribution in [0.1, 0.15) is 47.8 Å². The number of nitrogens with one attached hydrogen (secondary N) is 1. The Morgan fingerprint density at radius 2 is 2.10 bits per heavy atom. The summed E-state index contributed by atoms with van der Waals surface area (Å²) in [6.45, 7) is 5.21. The minimum atomic E-state index is -0.197. The van der Waals surface area contributed by atoms with Crippen LogP contribution in [-0.2, 0) is 6.42 Å². The summed E-state index contributed by atoms with van der Waals surface area (Å²) in [7, 11) is 0. The van der Waals surface area contributed by atoms with Crippen LogP contribution in [0, 0.1) is 23.6 Å². The standard InChI is InChI=1S/C23H24FN5O/c1-12-3-4-14-5-6-15(24)9-16(14)21-20-13(2)18(20)11-28(21)19-7-8-29-22(27-19)17(10-25-29)23(30)26-12/h5-10,12-13,18,20-21H,3-4,11H2,1-2H3,(H,26,30)/t12-,13-,18+,20-,21+/m1/s1. The van der Waals surface area contributed by atoms with Crippen LogP contribution in [-0.4, -0.2) is 33.1 Å². The molecule has 4 heterocycles. The van der Waals surface area contributed by atoms with E-state index >= 15 is 0 Å². The Hall–Kier alpha value is -2.96. The molecule has 1 amide bonds. The molecule has 2 aliphatic heterocycles. The van der Waals surface area contributed by atoms with E-state index in [1.165, 1.54) is 0 Å². The Bertz CT molecular complexity index is 1170. The number of nitrogens with zero attached hydrogens (tertiary/aromatic N) is 4. The van der Waals surface area contributed by atoms with Crippen molar-refractivity contribution in [2.45, 2.75) is 38.8 Å². The Labute approximate surface area is 174 Å². The number of anilines is 1. The van der Waals surface area contributed by atoms with E-state index in [4.69, 9.17) is 4.98 Å². The minimum Gasteiger partial charge on any atom is -0.349 e. The highest BCUT2D eigenvalue weighted by Crippen LogP contribution is 2.62. The Kier molecular flexibility index (Phi) is 3.73. The summed E-state index contributed by atoms with van der Waals surface area (Å²) in [5, 5.41) is 7.37. The number of carbonyl (C=O) groups is 1. The number of amides is 1. The van der Waals surface area contributed by atoms with Gasteiger partial charge in [0.05, 0.1) is 12.2 Å². The predicted molar refractivity (Wildman–Crippen MR) is 111 cm³/mol. The second-order valence-corrected chi connectivity index (χ2v) is 9.07. The van der Waals surface area contributed by atoms with E-state index in [2.05, 4.69) is 22.2 Å². The molecule has 0 radical (unpaired) electrons. The van der Waals surface area contributed by atoms with E-state index in [0.717, 1.165) is 36.3 Å². The van der Waals surface area contributed by atoms with Crippen molar-refractivity contribution in [1.29, 1.82) is 0 Å². The third-order valence-corrected chi connectivity index (χ3v) is 7.29. The molecule has 7 heteroatoms. The molecule has 3 aromatic rings. The van der Waals surface area contributed by atoms with E-state index in [1.54, 1.807) is 22.8 Å². The molecule has 1 aromatic carbocycles. The van der Waals surface area contributed by atoms with Crippen molar-refractivity contribution in [2.75, 3.05) is 11.4 Å². The SMILES string of the molecule is C[C@@H]1[C@@H]2CN3c4ccn5ncc(c5n4)C(=O)N[C@H](C)CCc4ccc(F)cc4[C@H]3[C@H]12. The molecule has 6 nitrogen and oxygen atoms in total. The summed E-state index contributed by atoms with van der Waals surface area (Å²) in [5.74, 6) is 2.21. The molecule has 1 saturated heterocycles. The molecule has 154 valence electrons. The molecule has 5 atom stereocenters. The van der Waals surface area contributed by atoms with Gasteiger partial charge in [0.1, 0.15) is 17.2 Å². The third kappa shape index (κ3) is 2.57. The molecule has 0 unspecified atom stereocenters. The molecule has 1 saturated carbocycles. The molecule has 2 fully saturated rings. The number of halogens is 1. The van der Waals surface area contributed by atoms with E-state index < -0.39 is 0 Å². The molecule has 6 rings (SSSR count). The van der Waals surface area contributed by atoms with E-state index in [9.17, 15) is 9.18 Å². The van der Waals surface area contributed by atoms with Crippen molar-refractivity contribution in [2.24, 2.45) is 17.8 Å². The van der Waals surface area contributed by atoms with E-state index in [-0.39, 0.29) is 23.8 Å². The molecule has 2 aromatic heterocycles. The zero-order valence-electron chi connectivity index (χ0n) is 17.0. The molecule has 3 aliphatic rings. The topological polar surface area (TPSA) is 62.5 Å². The van der Waals surface area contributed by atoms with E-state index in [1.807, 2.05) is 25.3 Å². The summed E-state index contributed by atoms with van der Waals surface area (Å²) in [6, 6.07) is 7.23. The summed E-state index contributed by atoms with van der Waals surface area (Å²) in [6.07, 6.45) is 5.02. The first-order valence-corrected chi connectivity index (χ1v) is 10.7. The highest BCUT2D eigenvalue weighted by Gasteiger charge is 2.59. The lowest BCUT2D eigenvalue weighted by atomic mass is 9.92. The van der Waals surface area contributed by atoms with Crippen LogP contribution in [0.25, 0.3) is 5.65 Å². The minimum absolute atomic E-state index is 0.0124. The zero-order valence-corrected chi connectivity index (χ0v) is 17.0. The largest absolute Gasteiger partial charge is 0.349 e. The van der Waals surface area contributed by atoms with Crippen molar-refractivity contribution in [3.05, 3.63) is 59.2 Å². The first kappa shape index (κ1) is 17.9. The summed E-state index contributed by atoms with van der Waals surface area (Å²) in [4.78, 5) is 20.0. The van der Waals surface area contributed by atoms with Gasteiger partial charge >= 0.3 is 0 Å². The zero-order chi connectivity index (χ0) is 20.6. The first-order chi connectivity index (χ1) is 14.5. The lowest BCUT2D eigenvalue weighted by molar-refractivity contribution is 0.0940. The lowest BCUT2D eigenvalue weighted by Gasteiger charge is -2.31. The van der Waals surface area contributed by atoms with Gasteiger partial charge in [0.25, 0.3) is 5.91 Å². The summed E-state index contributed by atoms with van der Waals surface area (Å²) in [5.41, 5.74) is 3.28. The van der Waals surface area contributed by atoms with Crippen LogP contribution < -0.4 is 10.2 Å². The number of carbonyl (C=O) groups excluding carboxylic acids is 1. The molecular weight excluding hydrogens is 381 g/mol. The lowest BCUT2D eigenvalue weighted by Crippen LogP contribution is -2.33. The average molecular weight is 405 g/mol. The number of aryl methyl sites for hydroxylation is 1. The van der Waals surface area contributed by atoms with Crippen LogP contribution in [0.4, 0.5) is 10.2 Å². The fourth-order valence-electron chi connectivity index (χ4n) is 5.54. The fraction of sp³-hybridized carbons (Fsp3) is 0.435. The van der Waals surface area contributed by atoms with Gasteiger partial charge in [0.15, 0.2) is 5.65 Å². The number of rotatable bonds is 0. The third-order valence-electron chi connectivity index (χ3n) is 7.29. The van der Waals surface area contributed by atoms with Gasteiger partial charge in [0.2, 0.25) is 0 Å². The second kappa shape index (κ2) is 6.27. The maximum atomic E-state index is 14.4. The van der Waals surface area contributed by atoms with Crippen LogP contribution in [0.3, 0.4) is 0 Å². The van der Waals surface area contributed by atoms with E-state index in [0.29, 0.717) is 29.0 Å². The van der Waals surface area contributed by atoms with Gasteiger partial charge in [-0.2, -0.15) is 5.10 Å². The molecule has 2 bridgehead atoms. The van der Waals surface area contributed by atoms with Crippen LogP contribution in [0.15, 0.2) is 36.7 Å². The van der Waals surface area contributed by atoms with Crippen LogP contribution in [0.2, 0.25) is 0 Å². The van der Waals surface area contributed by atoms with Gasteiger partial charge in [-0.05, 0) is 66.8 Å². The van der Waals surface area contributed by atoms with Gasteiger partial charge in [-0.15, -0.1) is 0 Å². The molecule has 30 heavy (non-hydrogen) atoms. The Morgan fingerprint density at radius 1 is 1.23 bits per heavy atom. The van der Waals surface area contributed by atoms with Crippen molar-refractivity contribution in [1.82, 2.24) is 19.9 Å². The molecular formula is C23H24FN5O. The van der Waals surface area contributed by atoms with Crippen molar-refractivity contribution in [3.63, 3.8) is 0 Å². The predicted octanol–water partition coefficient (Wildman–Crippen LogP) is 3.38. The van der Waals surface area contributed by atoms with Gasteiger partial charge in [-0.25, -0.2) is 13.9 Å². The van der Waals surface area contributed by atoms with Gasteiger partial charge in [-0.1, -0.05) is 13.0 Å². The number of benzene rings is 1. The number of hydrogen-bond acceptors (Lipinski definition) is 4. The second-order valence-electron chi connectivity index (χ2n) is 9.07. The number of piperidine rings is 1. The fourth-order valence-corrected chi connectivity index (χ4v) is 5.54. The van der Waals surface area contributed by atoms with Crippen molar-refractivity contribution < 1.29 is 9.18 Å². The maximum Gasteiger partial charge on any atom is 0.256 e. The van der Waals surface area contributed by atoms with Crippen molar-refractivity contribution in [3.8, 4) is 0 Å². The average Bonchev–Trinajstić information content (AvgIpc) is 3.10. The Morgan fingerprint density at radius 3 is 2.97 bits per heavy atom. The summed E-state index contributed by atoms with van der Waals surface area (Å²) >= 11 is 0. The number of aromatic nitrogens is 3. The smallest absolute Gasteiger partial charge is 0.256 e. The van der Waals surface area contributed by atoms with Gasteiger partial charge < -0.3 is 10.2 Å². The number of fused-ring (bicyclic) bond motifs is 7. The maximum absolute atomic E-state index is 14.4. The molecule has 0 spiro atoms. The molecule has 1 N–H and O–H groups in total. The summed E-state index contributed by atoms with van der Waals surface area (Å²) < 4.78 is 16.0. The van der Waals surface area contributed by atoms with Gasteiger partial charge in [-0.3, -0.25) is 4.79 Å². The highest BCUT2D eigenvalue weighted by atomic mass is 19.1. The highest BCUT2D eigenvalue weighted by molar-refractivity contribution is 5.99. The quantitative estimate of drug-likeness (QED) is 0.623. The van der Waals surface area contributed by atoms with Crippen LogP contribution in [0.5, 0.6) is 0 Å². The monoisotopic (exact) mass is 405 g/mol. The van der Waals surface area contributed by atoms with Gasteiger partial charge in [0, 0.05) is 18.8 Å². The first-order valence-electron chi connectivity index (χ1n) is 10.7. The number of hydrogen-bond donors (Lipinski definition) is 1. The Balaban J connectivity index is 1.55. The van der Waals surface area contributed by atoms with Crippen molar-refractivity contribution >= 4 is 17.4 Å². The van der Waals surface area contributed by atoms with Crippen LogP contribution >= 0.6 is 0 Å². The molecule has 1 aliphatic carbocycles.